The quantitative estimate of drug-likeness (QED) is 0.506. The molecule has 1 saturated heterocycles. The summed E-state index contributed by atoms with van der Waals surface area (Å²) >= 11 is 3.83. The number of alkyl halides is 1. The lowest BCUT2D eigenvalue weighted by Gasteiger charge is -2.52. The molecule has 0 aromatic rings. The number of fused-ring (bicyclic) bond motifs is 2. The number of cyclic esters (lactones) is 1. The third-order valence-electron chi connectivity index (χ3n) is 5.27. The number of rotatable bonds is 0. The van der Waals surface area contributed by atoms with E-state index in [0.717, 1.165) is 24.8 Å². The van der Waals surface area contributed by atoms with Gasteiger partial charge in [0, 0.05) is 4.83 Å². The number of carbonyl (C=O) groups excluding carboxylic acids is 1. The van der Waals surface area contributed by atoms with Crippen molar-refractivity contribution in [2.24, 2.45) is 11.3 Å². The topological polar surface area (TPSA) is 35.5 Å². The van der Waals surface area contributed by atoms with Gasteiger partial charge in [-0.3, -0.25) is 0 Å². The first-order chi connectivity index (χ1) is 8.84. The van der Waals surface area contributed by atoms with Crippen molar-refractivity contribution in [3.63, 3.8) is 0 Å². The van der Waals surface area contributed by atoms with Crippen LogP contribution in [0.25, 0.3) is 0 Å². The van der Waals surface area contributed by atoms with Gasteiger partial charge in [-0.2, -0.15) is 0 Å². The second-order valence-electron chi connectivity index (χ2n) is 6.79. The van der Waals surface area contributed by atoms with Crippen molar-refractivity contribution in [2.75, 3.05) is 6.61 Å². The maximum Gasteiger partial charge on any atom is 0.336 e. The summed E-state index contributed by atoms with van der Waals surface area (Å²) in [5.74, 6) is 0.226. The normalized spacial score (nSPS) is 44.7. The number of ether oxygens (including phenoxy) is 2. The molecule has 0 spiro atoms. The molecule has 2 aliphatic heterocycles. The highest BCUT2D eigenvalue weighted by Crippen LogP contribution is 2.54. The van der Waals surface area contributed by atoms with E-state index in [1.165, 1.54) is 0 Å². The highest BCUT2D eigenvalue weighted by atomic mass is 79.9. The fraction of sp³-hybridized carbons (Fsp3) is 0.800. The van der Waals surface area contributed by atoms with Gasteiger partial charge in [0.25, 0.3) is 0 Å². The Hall–Kier alpha value is -0.350. The van der Waals surface area contributed by atoms with Crippen LogP contribution in [0, 0.1) is 11.3 Å². The number of hydrogen-bond donors (Lipinski definition) is 0. The fourth-order valence-electron chi connectivity index (χ4n) is 4.00. The molecular formula is C15H21BrO3. The standard InChI is InChI=1S/C15H21BrO3/c1-14(2)11-5-4-9-10(8-18-13(9)17)19-15(11,3)7-6-12(14)16/h4,10-12H,5-8H2,1-3H3/t10-,11?,12-,15-/m0/s1. The third-order valence-corrected chi connectivity index (χ3v) is 6.91. The van der Waals surface area contributed by atoms with E-state index in [2.05, 4.69) is 42.8 Å². The average Bonchev–Trinajstić information content (AvgIpc) is 2.58. The van der Waals surface area contributed by atoms with Crippen molar-refractivity contribution in [1.29, 1.82) is 0 Å². The van der Waals surface area contributed by atoms with Crippen LogP contribution < -0.4 is 0 Å². The Morgan fingerprint density at radius 2 is 2.11 bits per heavy atom. The Balaban J connectivity index is 1.97. The zero-order valence-electron chi connectivity index (χ0n) is 11.7. The number of halogens is 1. The van der Waals surface area contributed by atoms with Crippen molar-refractivity contribution in [3.8, 4) is 0 Å². The predicted octanol–water partition coefficient (Wildman–Crippen LogP) is 3.22. The Labute approximate surface area is 122 Å². The maximum atomic E-state index is 11.7. The minimum absolute atomic E-state index is 0.159. The smallest absolute Gasteiger partial charge is 0.336 e. The van der Waals surface area contributed by atoms with Gasteiger partial charge >= 0.3 is 5.97 Å². The SMILES string of the molecule is CC1(C)C2CC=C3C(=O)OC[C@@H]3O[C@@]2(C)CC[C@@H]1Br. The Bertz CT molecular complexity index is 443. The summed E-state index contributed by atoms with van der Waals surface area (Å²) in [6.07, 6.45) is 4.93. The van der Waals surface area contributed by atoms with E-state index in [0.29, 0.717) is 17.4 Å². The largest absolute Gasteiger partial charge is 0.459 e. The maximum absolute atomic E-state index is 11.7. The molecule has 4 atom stereocenters. The van der Waals surface area contributed by atoms with Gasteiger partial charge in [0.1, 0.15) is 12.7 Å². The molecule has 19 heavy (non-hydrogen) atoms. The molecule has 4 heteroatoms. The molecule has 3 nitrogen and oxygen atoms in total. The molecule has 1 unspecified atom stereocenters. The zero-order chi connectivity index (χ0) is 13.8. The molecule has 0 amide bonds. The van der Waals surface area contributed by atoms with Crippen LogP contribution in [0.5, 0.6) is 0 Å². The van der Waals surface area contributed by atoms with Gasteiger partial charge < -0.3 is 9.47 Å². The monoisotopic (exact) mass is 328 g/mol. The molecule has 2 heterocycles. The van der Waals surface area contributed by atoms with Crippen molar-refractivity contribution in [3.05, 3.63) is 11.6 Å². The van der Waals surface area contributed by atoms with Gasteiger partial charge in [0.05, 0.1) is 11.2 Å². The number of esters is 1. The van der Waals surface area contributed by atoms with E-state index < -0.39 is 0 Å². The van der Waals surface area contributed by atoms with E-state index in [1.807, 2.05) is 0 Å². The molecule has 0 aromatic heterocycles. The highest BCUT2D eigenvalue weighted by molar-refractivity contribution is 9.09. The van der Waals surface area contributed by atoms with Crippen molar-refractivity contribution >= 4 is 21.9 Å². The summed E-state index contributed by atoms with van der Waals surface area (Å²) in [5.41, 5.74) is 0.731. The fourth-order valence-corrected chi connectivity index (χ4v) is 4.54. The van der Waals surface area contributed by atoms with E-state index in [9.17, 15) is 4.79 Å². The third kappa shape index (κ3) is 1.99. The Morgan fingerprint density at radius 3 is 2.84 bits per heavy atom. The van der Waals surface area contributed by atoms with E-state index >= 15 is 0 Å². The van der Waals surface area contributed by atoms with Gasteiger partial charge in [-0.15, -0.1) is 0 Å². The van der Waals surface area contributed by atoms with Gasteiger partial charge in [-0.05, 0) is 37.5 Å². The van der Waals surface area contributed by atoms with Crippen LogP contribution in [0.3, 0.4) is 0 Å². The molecule has 1 aliphatic carbocycles. The van der Waals surface area contributed by atoms with Crippen LogP contribution in [-0.2, 0) is 14.3 Å². The summed E-state index contributed by atoms with van der Waals surface area (Å²) in [4.78, 5) is 12.2. The molecule has 2 fully saturated rings. The van der Waals surface area contributed by atoms with Gasteiger partial charge in [0.15, 0.2) is 0 Å². The second kappa shape index (κ2) is 4.32. The van der Waals surface area contributed by atoms with Crippen LogP contribution in [-0.4, -0.2) is 29.1 Å². The lowest BCUT2D eigenvalue weighted by Crippen LogP contribution is -2.53. The minimum Gasteiger partial charge on any atom is -0.459 e. The molecule has 3 aliphatic rings. The molecule has 0 aromatic carbocycles. The number of allylic oxidation sites excluding steroid dienone is 1. The molecule has 1 saturated carbocycles. The van der Waals surface area contributed by atoms with Crippen LogP contribution in [0.15, 0.2) is 11.6 Å². The van der Waals surface area contributed by atoms with Gasteiger partial charge in [0.2, 0.25) is 0 Å². The Morgan fingerprint density at radius 1 is 1.37 bits per heavy atom. The van der Waals surface area contributed by atoms with E-state index in [4.69, 9.17) is 9.47 Å². The molecule has 0 bridgehead atoms. The molecule has 106 valence electrons. The predicted molar refractivity (Wildman–Crippen MR) is 76.2 cm³/mol. The van der Waals surface area contributed by atoms with Crippen molar-refractivity contribution < 1.29 is 14.3 Å². The zero-order valence-corrected chi connectivity index (χ0v) is 13.3. The summed E-state index contributed by atoms with van der Waals surface area (Å²) in [6.45, 7) is 7.19. The number of hydrogen-bond acceptors (Lipinski definition) is 3. The van der Waals surface area contributed by atoms with Crippen LogP contribution in [0.1, 0.15) is 40.0 Å². The van der Waals surface area contributed by atoms with Crippen molar-refractivity contribution in [2.45, 2.75) is 56.6 Å². The average molecular weight is 329 g/mol. The lowest BCUT2D eigenvalue weighted by atomic mass is 9.60. The summed E-state index contributed by atoms with van der Waals surface area (Å²) < 4.78 is 11.5. The molecule has 3 rings (SSSR count). The molecule has 0 radical (unpaired) electrons. The first-order valence-corrected chi connectivity index (χ1v) is 7.95. The van der Waals surface area contributed by atoms with Crippen LogP contribution >= 0.6 is 15.9 Å². The van der Waals surface area contributed by atoms with Crippen LogP contribution in [0.2, 0.25) is 0 Å². The summed E-state index contributed by atoms with van der Waals surface area (Å²) in [7, 11) is 0. The van der Waals surface area contributed by atoms with Crippen LogP contribution in [0.4, 0.5) is 0 Å². The lowest BCUT2D eigenvalue weighted by molar-refractivity contribution is -0.152. The molecular weight excluding hydrogens is 308 g/mol. The first kappa shape index (κ1) is 13.6. The summed E-state index contributed by atoms with van der Waals surface area (Å²) in [6, 6.07) is 0. The highest BCUT2D eigenvalue weighted by Gasteiger charge is 2.54. The Kier molecular flexibility index (Phi) is 3.10. The molecule has 0 N–H and O–H groups in total. The van der Waals surface area contributed by atoms with E-state index in [1.54, 1.807) is 0 Å². The summed E-state index contributed by atoms with van der Waals surface area (Å²) in [5, 5.41) is 0. The second-order valence-corrected chi connectivity index (χ2v) is 7.90. The number of carbonyl (C=O) groups is 1. The van der Waals surface area contributed by atoms with Crippen molar-refractivity contribution in [1.82, 2.24) is 0 Å². The van der Waals surface area contributed by atoms with Gasteiger partial charge in [-0.25, -0.2) is 4.79 Å². The minimum atomic E-state index is -0.194. The van der Waals surface area contributed by atoms with E-state index in [-0.39, 0.29) is 23.1 Å². The van der Waals surface area contributed by atoms with Gasteiger partial charge in [-0.1, -0.05) is 35.9 Å². The first-order valence-electron chi connectivity index (χ1n) is 7.03.